The van der Waals surface area contributed by atoms with Crippen LogP contribution in [0.3, 0.4) is 0 Å². The molecule has 0 amide bonds. The largest absolute Gasteiger partial charge is 0.463 e. The summed E-state index contributed by atoms with van der Waals surface area (Å²) in [6, 6.07) is 6.54. The van der Waals surface area contributed by atoms with Crippen molar-refractivity contribution in [1.29, 1.82) is 0 Å². The van der Waals surface area contributed by atoms with Gasteiger partial charge in [0.1, 0.15) is 29.3 Å². The van der Waals surface area contributed by atoms with E-state index in [1.54, 1.807) is 55.1 Å². The summed E-state index contributed by atoms with van der Waals surface area (Å²) >= 11 is 0. The first-order chi connectivity index (χ1) is 26.3. The molecule has 3 aromatic carbocycles. The molecule has 5 fully saturated rings. The van der Waals surface area contributed by atoms with Crippen molar-refractivity contribution in [1.82, 2.24) is 29.5 Å². The summed E-state index contributed by atoms with van der Waals surface area (Å²) < 4.78 is 76.1. The molecule has 14 heteroatoms. The number of nitrogens with zero attached hydrogens (tertiary/aromatic N) is 7. The molecule has 2 bridgehead atoms. The number of halogens is 4. The number of nitrogen functional groups attached to an aromatic ring is 1. The average Bonchev–Trinajstić information content (AvgIpc) is 3.28. The van der Waals surface area contributed by atoms with Gasteiger partial charge in [0.2, 0.25) is 0 Å². The van der Waals surface area contributed by atoms with Crippen molar-refractivity contribution in [3.05, 3.63) is 47.7 Å². The minimum absolute atomic E-state index is 0.0308. The van der Waals surface area contributed by atoms with Gasteiger partial charge in [-0.15, -0.1) is 6.42 Å². The van der Waals surface area contributed by atoms with E-state index < -0.39 is 23.0 Å². The number of ether oxygens (including phenoxy) is 2. The molecule has 10 nitrogen and oxygen atoms in total. The summed E-state index contributed by atoms with van der Waals surface area (Å²) in [6.45, 7) is 3.09. The van der Waals surface area contributed by atoms with Gasteiger partial charge in [0.25, 0.3) is 5.92 Å². The number of terminal acetylenes is 1. The first-order valence-corrected chi connectivity index (χ1v) is 18.9. The second-order valence-corrected chi connectivity index (χ2v) is 17.0. The highest BCUT2D eigenvalue weighted by Gasteiger charge is 2.71. The maximum absolute atomic E-state index is 17.8. The zero-order valence-electron chi connectivity index (χ0n) is 31.0. The van der Waals surface area contributed by atoms with Gasteiger partial charge in [-0.05, 0) is 68.9 Å². The maximum Gasteiger partial charge on any atom is 0.319 e. The molecule has 5 aromatic rings. The van der Waals surface area contributed by atoms with Gasteiger partial charge < -0.3 is 25.0 Å². The molecule has 5 heterocycles. The van der Waals surface area contributed by atoms with E-state index in [0.29, 0.717) is 50.0 Å². The molecule has 1 spiro atoms. The van der Waals surface area contributed by atoms with Crippen molar-refractivity contribution in [2.24, 2.45) is 17.9 Å². The summed E-state index contributed by atoms with van der Waals surface area (Å²) in [4.78, 5) is 16.2. The molecule has 286 valence electrons. The van der Waals surface area contributed by atoms with Crippen molar-refractivity contribution >= 4 is 44.1 Å². The topological polar surface area (TPSA) is 97.8 Å². The minimum Gasteiger partial charge on any atom is -0.463 e. The van der Waals surface area contributed by atoms with Gasteiger partial charge in [-0.3, -0.25) is 9.58 Å². The van der Waals surface area contributed by atoms with E-state index in [1.807, 2.05) is 0 Å². The van der Waals surface area contributed by atoms with Crippen LogP contribution in [0.15, 0.2) is 30.5 Å². The normalized spacial score (nSPS) is 25.5. The molecule has 2 N–H and O–H groups in total. The Morgan fingerprint density at radius 2 is 1.76 bits per heavy atom. The molecule has 0 unspecified atom stereocenters. The third-order valence-corrected chi connectivity index (χ3v) is 12.9. The number of likely N-dealkylation sites (tertiary alicyclic amines) is 1. The SMILES string of the molecule is C#Cc1c(F)ccc2cc(N)cc(-c3c(F)c4nc(OC[C@]5(CN(C)C)CC5(F)F)nc(N5[C@@H]6CC[C@H]5CN(C5CC7(COC7)C5)C6)c4c4cn(C)nc34)c12. The molecular weight excluding hydrogens is 712 g/mol. The van der Waals surface area contributed by atoms with Crippen LogP contribution < -0.4 is 15.4 Å². The lowest BCUT2D eigenvalue weighted by Crippen LogP contribution is -2.64. The molecule has 2 aromatic heterocycles. The quantitative estimate of drug-likeness (QED) is 0.117. The summed E-state index contributed by atoms with van der Waals surface area (Å²) in [6.07, 6.45) is 11.4. The van der Waals surface area contributed by atoms with Crippen LogP contribution in [0.2, 0.25) is 0 Å². The van der Waals surface area contributed by atoms with Crippen molar-refractivity contribution in [3.8, 4) is 29.5 Å². The first kappa shape index (κ1) is 34.8. The highest BCUT2D eigenvalue weighted by atomic mass is 19.3. The number of anilines is 2. The van der Waals surface area contributed by atoms with Crippen molar-refractivity contribution in [3.63, 3.8) is 0 Å². The number of benzene rings is 3. The second kappa shape index (κ2) is 11.9. The predicted molar refractivity (Wildman–Crippen MR) is 202 cm³/mol. The number of alkyl halides is 2. The predicted octanol–water partition coefficient (Wildman–Crippen LogP) is 5.98. The van der Waals surface area contributed by atoms with Crippen LogP contribution in [0.1, 0.15) is 37.7 Å². The Hall–Kier alpha value is -4.71. The van der Waals surface area contributed by atoms with E-state index in [1.165, 1.54) is 6.07 Å². The van der Waals surface area contributed by atoms with Crippen molar-refractivity contribution < 1.29 is 27.0 Å². The number of aromatic nitrogens is 4. The molecule has 10 rings (SSSR count). The number of piperazine rings is 1. The Morgan fingerprint density at radius 3 is 2.40 bits per heavy atom. The fourth-order valence-electron chi connectivity index (χ4n) is 10.2. The van der Waals surface area contributed by atoms with Crippen LogP contribution in [0, 0.1) is 34.8 Å². The molecular formula is C41H42F4N8O2. The van der Waals surface area contributed by atoms with Crippen LogP contribution in [0.4, 0.5) is 29.1 Å². The Kier molecular flexibility index (Phi) is 7.52. The van der Waals surface area contributed by atoms with E-state index in [-0.39, 0.29) is 59.9 Å². The van der Waals surface area contributed by atoms with E-state index >= 15 is 8.78 Å². The van der Waals surface area contributed by atoms with E-state index in [0.717, 1.165) is 52.0 Å². The zero-order chi connectivity index (χ0) is 38.2. The summed E-state index contributed by atoms with van der Waals surface area (Å²) in [5.74, 6) is -1.35. The number of fused-ring (bicyclic) bond motifs is 6. The molecule has 3 aliphatic heterocycles. The standard InChI is InChI=1S/C41H42F4N8O2/c1-5-27-30(42)9-6-22-10-23(46)11-28(31(22)27)32-34(43)36-33(29-16-51(4)49-35(29)32)37(48-38(47-36)55-21-40(18-50(2)3)17-41(40,44)45)53-24-7-8-25(53)15-52(14-24)26-12-39(13-26)19-54-20-39/h1,6,9-11,16,24-26H,7-8,12-15,17-21,46H2,2-4H3/t24-,25+,40-/m1/s1. The lowest BCUT2D eigenvalue weighted by molar-refractivity contribution is -0.185. The molecule has 55 heavy (non-hydrogen) atoms. The fourth-order valence-corrected chi connectivity index (χ4v) is 10.2. The highest BCUT2D eigenvalue weighted by Crippen LogP contribution is 2.61. The molecule has 2 saturated carbocycles. The summed E-state index contributed by atoms with van der Waals surface area (Å²) in [5.41, 5.74) is 6.15. The second-order valence-electron chi connectivity index (χ2n) is 17.0. The van der Waals surface area contributed by atoms with Crippen LogP contribution in [-0.4, -0.2) is 107 Å². The van der Waals surface area contributed by atoms with E-state index in [9.17, 15) is 8.78 Å². The molecule has 5 aliphatic rings. The van der Waals surface area contributed by atoms with Gasteiger partial charge in [-0.2, -0.15) is 15.1 Å². The van der Waals surface area contributed by atoms with Crippen LogP contribution in [-0.2, 0) is 11.8 Å². The van der Waals surface area contributed by atoms with Gasteiger partial charge in [0, 0.05) is 84.9 Å². The van der Waals surface area contributed by atoms with Crippen LogP contribution >= 0.6 is 0 Å². The number of hydrogen-bond donors (Lipinski definition) is 1. The Labute approximate surface area is 315 Å². The van der Waals surface area contributed by atoms with Gasteiger partial charge in [0.15, 0.2) is 5.82 Å². The molecule has 2 aliphatic carbocycles. The summed E-state index contributed by atoms with van der Waals surface area (Å²) in [7, 11) is 5.23. The molecule has 3 saturated heterocycles. The van der Waals surface area contributed by atoms with Gasteiger partial charge >= 0.3 is 6.01 Å². The van der Waals surface area contributed by atoms with E-state index in [2.05, 4.69) is 20.7 Å². The Morgan fingerprint density at radius 1 is 1.04 bits per heavy atom. The average molecular weight is 755 g/mol. The van der Waals surface area contributed by atoms with E-state index in [4.69, 9.17) is 31.7 Å². The number of rotatable bonds is 8. The maximum atomic E-state index is 17.8. The van der Waals surface area contributed by atoms with Crippen molar-refractivity contribution in [2.45, 2.75) is 56.2 Å². The highest BCUT2D eigenvalue weighted by molar-refractivity contribution is 6.18. The minimum atomic E-state index is -2.92. The number of nitrogens with two attached hydrogens (primary N) is 1. The zero-order valence-corrected chi connectivity index (χ0v) is 31.0. The van der Waals surface area contributed by atoms with Crippen LogP contribution in [0.5, 0.6) is 6.01 Å². The smallest absolute Gasteiger partial charge is 0.319 e. The fraction of sp³-hybridized carbons (Fsp3) is 0.488. The monoisotopic (exact) mass is 754 g/mol. The third-order valence-electron chi connectivity index (χ3n) is 12.9. The lowest BCUT2D eigenvalue weighted by Gasteiger charge is -2.58. The third kappa shape index (κ3) is 5.22. The number of aryl methyl sites for hydroxylation is 1. The number of hydrogen-bond acceptors (Lipinski definition) is 9. The molecule has 0 radical (unpaired) electrons. The van der Waals surface area contributed by atoms with Gasteiger partial charge in [-0.1, -0.05) is 12.0 Å². The van der Waals surface area contributed by atoms with Gasteiger partial charge in [0.05, 0.1) is 29.6 Å². The first-order valence-electron chi connectivity index (χ1n) is 18.9. The van der Waals surface area contributed by atoms with Crippen molar-refractivity contribution in [2.75, 3.05) is 64.2 Å². The van der Waals surface area contributed by atoms with Crippen LogP contribution in [0.25, 0.3) is 43.7 Å². The van der Waals surface area contributed by atoms with Gasteiger partial charge in [-0.25, -0.2) is 17.6 Å². The Bertz CT molecular complexity index is 2450. The lowest BCUT2D eigenvalue weighted by atomic mass is 9.63. The molecule has 3 atom stereocenters. The summed E-state index contributed by atoms with van der Waals surface area (Å²) in [5, 5.41) is 6.64. The Balaban J connectivity index is 1.16.